The van der Waals surface area contributed by atoms with E-state index in [9.17, 15) is 0 Å². The topological polar surface area (TPSA) is 24.9 Å². The molecule has 3 rings (SSSR count). The maximum Gasteiger partial charge on any atom is 0.107 e. The second kappa shape index (κ2) is 5.43. The number of nitrogens with one attached hydrogen (secondary N) is 1. The van der Waals surface area contributed by atoms with Gasteiger partial charge in [-0.3, -0.25) is 0 Å². The van der Waals surface area contributed by atoms with Crippen LogP contribution in [0.25, 0.3) is 0 Å². The van der Waals surface area contributed by atoms with Gasteiger partial charge in [-0.1, -0.05) is 18.2 Å². The molecule has 1 aromatic carbocycles. The van der Waals surface area contributed by atoms with Crippen LogP contribution in [0.5, 0.6) is 0 Å². The molecule has 0 amide bonds. The third kappa shape index (κ3) is 2.60. The van der Waals surface area contributed by atoms with E-state index in [4.69, 9.17) is 0 Å². The van der Waals surface area contributed by atoms with Crippen molar-refractivity contribution >= 4 is 23.1 Å². The van der Waals surface area contributed by atoms with Crippen molar-refractivity contribution < 1.29 is 0 Å². The van der Waals surface area contributed by atoms with E-state index < -0.39 is 0 Å². The summed E-state index contributed by atoms with van der Waals surface area (Å²) in [4.78, 5) is 5.93. The Bertz CT molecular complexity index is 536. The van der Waals surface area contributed by atoms with Gasteiger partial charge in [0.15, 0.2) is 0 Å². The van der Waals surface area contributed by atoms with E-state index in [1.165, 1.54) is 27.6 Å². The number of nitrogens with zero attached hydrogens (tertiary/aromatic N) is 1. The molecule has 1 atom stereocenters. The van der Waals surface area contributed by atoms with E-state index in [0.717, 1.165) is 12.2 Å². The highest BCUT2D eigenvalue weighted by atomic mass is 32.2. The highest BCUT2D eigenvalue weighted by molar-refractivity contribution is 7.99. The van der Waals surface area contributed by atoms with Crippen LogP contribution < -0.4 is 5.32 Å². The van der Waals surface area contributed by atoms with Gasteiger partial charge in [-0.05, 0) is 30.7 Å². The van der Waals surface area contributed by atoms with E-state index in [-0.39, 0.29) is 0 Å². The summed E-state index contributed by atoms with van der Waals surface area (Å²) in [7, 11) is 0. The monoisotopic (exact) mass is 276 g/mol. The van der Waals surface area contributed by atoms with Gasteiger partial charge >= 0.3 is 0 Å². The van der Waals surface area contributed by atoms with Crippen LogP contribution in [0.4, 0.5) is 0 Å². The van der Waals surface area contributed by atoms with Gasteiger partial charge in [0.2, 0.25) is 0 Å². The van der Waals surface area contributed by atoms with Gasteiger partial charge in [-0.2, -0.15) is 0 Å². The van der Waals surface area contributed by atoms with Crippen molar-refractivity contribution in [3.8, 4) is 0 Å². The summed E-state index contributed by atoms with van der Waals surface area (Å²) in [5.41, 5.74) is 2.57. The first-order chi connectivity index (χ1) is 8.83. The third-order valence-corrected chi connectivity index (χ3v) is 5.21. The first-order valence-corrected chi connectivity index (χ1v) is 8.05. The highest BCUT2D eigenvalue weighted by Gasteiger charge is 2.19. The van der Waals surface area contributed by atoms with Gasteiger partial charge in [0.1, 0.15) is 5.01 Å². The summed E-state index contributed by atoms with van der Waals surface area (Å²) in [5.74, 6) is 1.20. The van der Waals surface area contributed by atoms with Crippen molar-refractivity contribution in [2.45, 2.75) is 30.8 Å². The van der Waals surface area contributed by atoms with E-state index in [1.807, 2.05) is 18.7 Å². The zero-order valence-electron chi connectivity index (χ0n) is 10.3. The molecule has 94 valence electrons. The molecule has 0 bridgehead atoms. The van der Waals surface area contributed by atoms with Gasteiger partial charge in [0, 0.05) is 28.6 Å². The Labute approximate surface area is 116 Å². The molecule has 1 N–H and O–H groups in total. The first kappa shape index (κ1) is 12.2. The number of benzene rings is 1. The number of rotatable bonds is 3. The number of hydrogen-bond acceptors (Lipinski definition) is 4. The Morgan fingerprint density at radius 2 is 2.28 bits per heavy atom. The first-order valence-electron chi connectivity index (χ1n) is 6.19. The van der Waals surface area contributed by atoms with Gasteiger partial charge in [-0.15, -0.1) is 23.1 Å². The average molecular weight is 276 g/mol. The number of hydrogen-bond donors (Lipinski definition) is 1. The van der Waals surface area contributed by atoms with Gasteiger partial charge in [-0.25, -0.2) is 4.98 Å². The lowest BCUT2D eigenvalue weighted by Gasteiger charge is -2.25. The minimum atomic E-state index is 0.478. The van der Waals surface area contributed by atoms with Crippen LogP contribution in [0.2, 0.25) is 0 Å². The second-order valence-corrected chi connectivity index (χ2v) is 6.57. The largest absolute Gasteiger partial charge is 0.303 e. The summed E-state index contributed by atoms with van der Waals surface area (Å²) in [6, 6.07) is 9.20. The van der Waals surface area contributed by atoms with E-state index in [1.54, 1.807) is 11.3 Å². The molecule has 2 heterocycles. The predicted molar refractivity (Wildman–Crippen MR) is 78.2 cm³/mol. The summed E-state index contributed by atoms with van der Waals surface area (Å²) >= 11 is 3.71. The van der Waals surface area contributed by atoms with Crippen molar-refractivity contribution in [3.63, 3.8) is 0 Å². The molecule has 0 aliphatic carbocycles. The Kier molecular flexibility index (Phi) is 3.68. The van der Waals surface area contributed by atoms with E-state index in [0.29, 0.717) is 6.04 Å². The SMILES string of the molecule is Cc1csc(CNC2CCSc3ccccc32)n1. The van der Waals surface area contributed by atoms with Crippen LogP contribution in [-0.2, 0) is 6.54 Å². The van der Waals surface area contributed by atoms with Crippen LogP contribution >= 0.6 is 23.1 Å². The number of aromatic nitrogens is 1. The van der Waals surface area contributed by atoms with Gasteiger partial charge in [0.05, 0.1) is 0 Å². The molecular formula is C14H16N2S2. The number of fused-ring (bicyclic) bond motifs is 1. The highest BCUT2D eigenvalue weighted by Crippen LogP contribution is 2.35. The molecule has 0 saturated heterocycles. The number of aryl methyl sites for hydroxylation is 1. The van der Waals surface area contributed by atoms with Gasteiger partial charge < -0.3 is 5.32 Å². The molecule has 1 aliphatic heterocycles. The van der Waals surface area contributed by atoms with Crippen molar-refractivity contribution in [3.05, 3.63) is 45.9 Å². The normalized spacial score (nSPS) is 18.6. The van der Waals surface area contributed by atoms with Crippen LogP contribution in [0.1, 0.15) is 28.7 Å². The zero-order chi connectivity index (χ0) is 12.4. The Morgan fingerprint density at radius 3 is 3.11 bits per heavy atom. The molecule has 1 aliphatic rings. The fraction of sp³-hybridized carbons (Fsp3) is 0.357. The van der Waals surface area contributed by atoms with Crippen LogP contribution in [0.3, 0.4) is 0 Å². The maximum atomic E-state index is 4.50. The van der Waals surface area contributed by atoms with Crippen molar-refractivity contribution in [2.75, 3.05) is 5.75 Å². The molecule has 1 unspecified atom stereocenters. The molecule has 0 fully saturated rings. The number of thiazole rings is 1. The molecule has 1 aromatic heterocycles. The van der Waals surface area contributed by atoms with E-state index in [2.05, 4.69) is 39.9 Å². The predicted octanol–water partition coefficient (Wildman–Crippen LogP) is 3.78. The Hall–Kier alpha value is -0.840. The fourth-order valence-electron chi connectivity index (χ4n) is 2.25. The standard InChI is InChI=1S/C14H16N2S2/c1-10-9-18-14(16-10)8-15-12-6-7-17-13-5-3-2-4-11(12)13/h2-5,9,12,15H,6-8H2,1H3. The Balaban J connectivity index is 1.71. The summed E-state index contributed by atoms with van der Waals surface area (Å²) in [5, 5.41) is 6.94. The quantitative estimate of drug-likeness (QED) is 0.923. The molecular weight excluding hydrogens is 260 g/mol. The molecule has 0 spiro atoms. The van der Waals surface area contributed by atoms with Gasteiger partial charge in [0.25, 0.3) is 0 Å². The average Bonchev–Trinajstić information content (AvgIpc) is 2.82. The lowest BCUT2D eigenvalue weighted by Crippen LogP contribution is -2.24. The minimum absolute atomic E-state index is 0.478. The molecule has 2 nitrogen and oxygen atoms in total. The van der Waals surface area contributed by atoms with Crippen LogP contribution in [0.15, 0.2) is 34.5 Å². The van der Waals surface area contributed by atoms with Crippen LogP contribution in [0, 0.1) is 6.92 Å². The lowest BCUT2D eigenvalue weighted by atomic mass is 10.0. The van der Waals surface area contributed by atoms with Crippen LogP contribution in [-0.4, -0.2) is 10.7 Å². The minimum Gasteiger partial charge on any atom is -0.303 e. The molecule has 0 saturated carbocycles. The Morgan fingerprint density at radius 1 is 1.39 bits per heavy atom. The second-order valence-electron chi connectivity index (χ2n) is 4.49. The van der Waals surface area contributed by atoms with Crippen molar-refractivity contribution in [2.24, 2.45) is 0 Å². The maximum absolute atomic E-state index is 4.50. The molecule has 0 radical (unpaired) electrons. The third-order valence-electron chi connectivity index (χ3n) is 3.12. The van der Waals surface area contributed by atoms with E-state index >= 15 is 0 Å². The molecule has 2 aromatic rings. The number of thioether (sulfide) groups is 1. The van der Waals surface area contributed by atoms with Crippen molar-refractivity contribution in [1.29, 1.82) is 0 Å². The summed E-state index contributed by atoms with van der Waals surface area (Å²) < 4.78 is 0. The lowest BCUT2D eigenvalue weighted by molar-refractivity contribution is 0.509. The molecule has 4 heteroatoms. The smallest absolute Gasteiger partial charge is 0.107 e. The molecule has 18 heavy (non-hydrogen) atoms. The fourth-order valence-corrected chi connectivity index (χ4v) is 4.10. The van der Waals surface area contributed by atoms with Crippen molar-refractivity contribution in [1.82, 2.24) is 10.3 Å². The summed E-state index contributed by atoms with van der Waals surface area (Å²) in [6.45, 7) is 2.93. The summed E-state index contributed by atoms with van der Waals surface area (Å²) in [6.07, 6.45) is 1.20. The zero-order valence-corrected chi connectivity index (χ0v) is 12.0.